The first kappa shape index (κ1) is 17.7. The van der Waals surface area contributed by atoms with E-state index >= 15 is 0 Å². The molecule has 1 atom stereocenters. The molecule has 1 aliphatic heterocycles. The molecule has 1 saturated heterocycles. The summed E-state index contributed by atoms with van der Waals surface area (Å²) in [5.41, 5.74) is 2.05. The molecule has 5 nitrogen and oxygen atoms in total. The van der Waals surface area contributed by atoms with E-state index in [1.165, 1.54) is 25.8 Å². The van der Waals surface area contributed by atoms with Gasteiger partial charge in [-0.15, -0.1) is 0 Å². The Balaban J connectivity index is 1.56. The van der Waals surface area contributed by atoms with Gasteiger partial charge in [-0.1, -0.05) is 41.9 Å². The molecule has 5 heteroatoms. The fourth-order valence-electron chi connectivity index (χ4n) is 3.49. The van der Waals surface area contributed by atoms with Crippen LogP contribution >= 0.6 is 0 Å². The van der Waals surface area contributed by atoms with E-state index in [0.717, 1.165) is 18.5 Å². The van der Waals surface area contributed by atoms with Crippen LogP contribution in [0.25, 0.3) is 11.3 Å². The summed E-state index contributed by atoms with van der Waals surface area (Å²) in [5.74, 6) is 0.449. The first-order valence-corrected chi connectivity index (χ1v) is 9.20. The van der Waals surface area contributed by atoms with E-state index in [-0.39, 0.29) is 5.91 Å². The van der Waals surface area contributed by atoms with Crippen molar-refractivity contribution in [2.24, 2.45) is 0 Å². The van der Waals surface area contributed by atoms with Gasteiger partial charge in [-0.05, 0) is 39.7 Å². The molecule has 0 spiro atoms. The summed E-state index contributed by atoms with van der Waals surface area (Å²) in [6.45, 7) is 6.96. The van der Waals surface area contributed by atoms with Crippen molar-refractivity contribution < 1.29 is 9.32 Å². The maximum absolute atomic E-state index is 12.6. The zero-order chi connectivity index (χ0) is 17.6. The predicted octanol–water partition coefficient (Wildman–Crippen LogP) is 3.64. The van der Waals surface area contributed by atoms with Crippen molar-refractivity contribution in [3.8, 4) is 11.3 Å². The van der Waals surface area contributed by atoms with E-state index in [4.69, 9.17) is 4.52 Å². The van der Waals surface area contributed by atoms with Crippen molar-refractivity contribution in [2.75, 3.05) is 19.6 Å². The molecule has 1 amide bonds. The molecule has 1 aromatic heterocycles. The Morgan fingerprint density at radius 2 is 2.12 bits per heavy atom. The summed E-state index contributed by atoms with van der Waals surface area (Å²) in [4.78, 5) is 15.1. The number of rotatable bonds is 6. The Morgan fingerprint density at radius 1 is 1.32 bits per heavy atom. The second-order valence-corrected chi connectivity index (χ2v) is 6.82. The number of carbonyl (C=O) groups is 1. The number of benzene rings is 1. The molecule has 2 heterocycles. The van der Waals surface area contributed by atoms with Gasteiger partial charge in [0, 0.05) is 24.7 Å². The number of hydrogen-bond donors (Lipinski definition) is 1. The molecule has 0 radical (unpaired) electrons. The molecule has 1 N–H and O–H groups in total. The summed E-state index contributed by atoms with van der Waals surface area (Å²) in [5, 5.41) is 7.10. The van der Waals surface area contributed by atoms with Crippen molar-refractivity contribution in [1.82, 2.24) is 15.4 Å². The number of amides is 1. The second kappa shape index (κ2) is 8.30. The molecular formula is C20H27N3O2. The fourth-order valence-corrected chi connectivity index (χ4v) is 3.49. The van der Waals surface area contributed by atoms with Crippen LogP contribution in [0.4, 0.5) is 0 Å². The second-order valence-electron chi connectivity index (χ2n) is 6.82. The van der Waals surface area contributed by atoms with Crippen LogP contribution in [0.5, 0.6) is 0 Å². The predicted molar refractivity (Wildman–Crippen MR) is 98.5 cm³/mol. The third-order valence-corrected chi connectivity index (χ3v) is 4.99. The minimum atomic E-state index is -0.107. The Morgan fingerprint density at radius 3 is 2.88 bits per heavy atom. The highest BCUT2D eigenvalue weighted by Crippen LogP contribution is 2.24. The summed E-state index contributed by atoms with van der Waals surface area (Å²) in [6, 6.07) is 10.3. The Bertz CT molecular complexity index is 696. The maximum Gasteiger partial charge on any atom is 0.257 e. The molecule has 0 aliphatic carbocycles. The highest BCUT2D eigenvalue weighted by molar-refractivity contribution is 6.00. The zero-order valence-corrected chi connectivity index (χ0v) is 15.1. The average molecular weight is 341 g/mol. The molecule has 0 saturated carbocycles. The van der Waals surface area contributed by atoms with Crippen LogP contribution in [0.1, 0.15) is 48.7 Å². The van der Waals surface area contributed by atoms with Crippen LogP contribution in [0.2, 0.25) is 0 Å². The lowest BCUT2D eigenvalue weighted by Gasteiger charge is -2.33. The molecule has 1 fully saturated rings. The Hall–Kier alpha value is -2.14. The van der Waals surface area contributed by atoms with Gasteiger partial charge in [0.1, 0.15) is 17.0 Å². The van der Waals surface area contributed by atoms with Gasteiger partial charge in [-0.3, -0.25) is 4.79 Å². The summed E-state index contributed by atoms with van der Waals surface area (Å²) in [7, 11) is 0. The van der Waals surface area contributed by atoms with Gasteiger partial charge in [-0.2, -0.15) is 0 Å². The molecule has 134 valence electrons. The van der Waals surface area contributed by atoms with Gasteiger partial charge >= 0.3 is 0 Å². The van der Waals surface area contributed by atoms with Crippen LogP contribution in [0, 0.1) is 6.92 Å². The minimum absolute atomic E-state index is 0.107. The van der Waals surface area contributed by atoms with Gasteiger partial charge in [0.25, 0.3) is 5.91 Å². The average Bonchev–Trinajstić information content (AvgIpc) is 3.02. The van der Waals surface area contributed by atoms with Gasteiger partial charge in [0.15, 0.2) is 0 Å². The van der Waals surface area contributed by atoms with E-state index in [1.54, 1.807) is 6.92 Å². The van der Waals surface area contributed by atoms with Crippen molar-refractivity contribution >= 4 is 5.91 Å². The Labute approximate surface area is 149 Å². The number of aryl methyl sites for hydroxylation is 1. The van der Waals surface area contributed by atoms with Crippen molar-refractivity contribution in [3.63, 3.8) is 0 Å². The van der Waals surface area contributed by atoms with Gasteiger partial charge in [0.05, 0.1) is 0 Å². The lowest BCUT2D eigenvalue weighted by atomic mass is 10.0. The van der Waals surface area contributed by atoms with Crippen LogP contribution in [-0.2, 0) is 0 Å². The number of piperidine rings is 1. The third kappa shape index (κ3) is 4.28. The van der Waals surface area contributed by atoms with Gasteiger partial charge in [0.2, 0.25) is 0 Å². The number of nitrogens with one attached hydrogen (secondary N) is 1. The number of likely N-dealkylation sites (tertiary alicyclic amines) is 1. The van der Waals surface area contributed by atoms with E-state index in [1.807, 2.05) is 30.3 Å². The fraction of sp³-hybridized carbons (Fsp3) is 0.500. The summed E-state index contributed by atoms with van der Waals surface area (Å²) >= 11 is 0. The van der Waals surface area contributed by atoms with E-state index < -0.39 is 0 Å². The number of nitrogens with zero attached hydrogens (tertiary/aromatic N) is 2. The largest absolute Gasteiger partial charge is 0.360 e. The highest BCUT2D eigenvalue weighted by Gasteiger charge is 2.21. The van der Waals surface area contributed by atoms with Crippen LogP contribution < -0.4 is 5.32 Å². The Kier molecular flexibility index (Phi) is 5.87. The van der Waals surface area contributed by atoms with Crippen molar-refractivity contribution in [3.05, 3.63) is 41.7 Å². The molecule has 2 aromatic rings. The summed E-state index contributed by atoms with van der Waals surface area (Å²) < 4.78 is 5.27. The molecular weight excluding hydrogens is 314 g/mol. The quantitative estimate of drug-likeness (QED) is 0.815. The lowest BCUT2D eigenvalue weighted by molar-refractivity contribution is 0.0948. The SMILES string of the molecule is Cc1onc(-c2ccccc2)c1C(=O)NCCCN1CCCCC1C. The molecule has 3 rings (SSSR count). The lowest BCUT2D eigenvalue weighted by Crippen LogP contribution is -2.39. The van der Waals surface area contributed by atoms with Crippen molar-refractivity contribution in [2.45, 2.75) is 45.6 Å². The first-order valence-electron chi connectivity index (χ1n) is 9.20. The van der Waals surface area contributed by atoms with Crippen LogP contribution in [-0.4, -0.2) is 41.6 Å². The molecule has 1 aromatic carbocycles. The minimum Gasteiger partial charge on any atom is -0.360 e. The monoisotopic (exact) mass is 341 g/mol. The van der Waals surface area contributed by atoms with Gasteiger partial charge in [-0.25, -0.2) is 0 Å². The molecule has 1 aliphatic rings. The normalized spacial score (nSPS) is 18.2. The number of hydrogen-bond acceptors (Lipinski definition) is 4. The maximum atomic E-state index is 12.6. The topological polar surface area (TPSA) is 58.4 Å². The third-order valence-electron chi connectivity index (χ3n) is 4.99. The zero-order valence-electron chi connectivity index (χ0n) is 15.1. The molecule has 0 bridgehead atoms. The summed E-state index contributed by atoms with van der Waals surface area (Å²) in [6.07, 6.45) is 4.87. The van der Waals surface area contributed by atoms with Crippen LogP contribution in [0.15, 0.2) is 34.9 Å². The van der Waals surface area contributed by atoms with Crippen molar-refractivity contribution in [1.29, 1.82) is 0 Å². The molecule has 25 heavy (non-hydrogen) atoms. The standard InChI is InChI=1S/C20H27N3O2/c1-15-9-6-7-13-23(15)14-8-12-21-20(24)18-16(2)25-22-19(18)17-10-4-3-5-11-17/h3-5,10-11,15H,6-9,12-14H2,1-2H3,(H,21,24). The van der Waals surface area contributed by atoms with Crippen LogP contribution in [0.3, 0.4) is 0 Å². The van der Waals surface area contributed by atoms with E-state index in [9.17, 15) is 4.79 Å². The van der Waals surface area contributed by atoms with E-state index in [0.29, 0.717) is 29.6 Å². The van der Waals surface area contributed by atoms with Gasteiger partial charge < -0.3 is 14.7 Å². The number of carbonyl (C=O) groups excluding carboxylic acids is 1. The van der Waals surface area contributed by atoms with E-state index in [2.05, 4.69) is 22.3 Å². The highest BCUT2D eigenvalue weighted by atomic mass is 16.5. The first-order chi connectivity index (χ1) is 12.2. The number of aromatic nitrogens is 1. The smallest absolute Gasteiger partial charge is 0.257 e. The molecule has 1 unspecified atom stereocenters.